The number of ether oxygens (including phenoxy) is 1. The second-order valence-electron chi connectivity index (χ2n) is 4.84. The molecule has 22 heavy (non-hydrogen) atoms. The first-order valence-corrected chi connectivity index (χ1v) is 8.73. The Kier molecular flexibility index (Phi) is 4.87. The van der Waals surface area contributed by atoms with Crippen molar-refractivity contribution in [2.24, 2.45) is 4.36 Å². The Morgan fingerprint density at radius 2 is 1.91 bits per heavy atom. The largest absolute Gasteiger partial charge is 0.456 e. The van der Waals surface area contributed by atoms with Crippen LogP contribution in [0.25, 0.3) is 0 Å². The van der Waals surface area contributed by atoms with E-state index < -0.39 is 21.5 Å². The van der Waals surface area contributed by atoms with Gasteiger partial charge in [0.2, 0.25) is 0 Å². The quantitative estimate of drug-likeness (QED) is 0.812. The van der Waals surface area contributed by atoms with Crippen molar-refractivity contribution in [3.63, 3.8) is 0 Å². The van der Waals surface area contributed by atoms with Crippen LogP contribution in [0.1, 0.15) is 16.1 Å². The summed E-state index contributed by atoms with van der Waals surface area (Å²) in [6.07, 6.45) is 2.71. The lowest BCUT2D eigenvalue weighted by Gasteiger charge is -2.05. The minimum atomic E-state index is -2.58. The number of carbonyl (C=O) groups excluding carboxylic acids is 1. The summed E-state index contributed by atoms with van der Waals surface area (Å²) in [4.78, 5) is 15.7. The molecule has 0 unspecified atom stereocenters. The van der Waals surface area contributed by atoms with Crippen molar-refractivity contribution in [2.75, 3.05) is 12.5 Å². The van der Waals surface area contributed by atoms with E-state index >= 15 is 0 Å². The maximum absolute atomic E-state index is 13.6. The third-order valence-corrected chi connectivity index (χ3v) is 3.17. The molecule has 0 N–H and O–H groups in total. The molecule has 0 aliphatic rings. The molecule has 0 radical (unpaired) electrons. The lowest BCUT2D eigenvalue weighted by Crippen LogP contribution is -2.08. The summed E-state index contributed by atoms with van der Waals surface area (Å²) in [7, 11) is -2.58. The van der Waals surface area contributed by atoms with Gasteiger partial charge in [-0.2, -0.15) is 4.36 Å². The van der Waals surface area contributed by atoms with Gasteiger partial charge in [0.25, 0.3) is 0 Å². The van der Waals surface area contributed by atoms with Gasteiger partial charge in [-0.25, -0.2) is 18.4 Å². The van der Waals surface area contributed by atoms with Gasteiger partial charge in [-0.05, 0) is 17.7 Å². The molecule has 0 atom stereocenters. The molecule has 0 aliphatic carbocycles. The van der Waals surface area contributed by atoms with Crippen LogP contribution in [0.5, 0.6) is 0 Å². The summed E-state index contributed by atoms with van der Waals surface area (Å²) in [6, 6.07) is 11.4. The first-order valence-electron chi connectivity index (χ1n) is 6.40. The van der Waals surface area contributed by atoms with E-state index in [0.29, 0.717) is 0 Å². The number of pyridine rings is 1. The van der Waals surface area contributed by atoms with E-state index in [2.05, 4.69) is 9.35 Å². The second-order valence-corrected chi connectivity index (χ2v) is 7.38. The number of hydrogen-bond acceptors (Lipinski definition) is 5. The fourth-order valence-electron chi connectivity index (χ4n) is 1.61. The lowest BCUT2D eigenvalue weighted by molar-refractivity contribution is 0.0465. The summed E-state index contributed by atoms with van der Waals surface area (Å²) < 4.78 is 34.0. The fourth-order valence-corrected chi connectivity index (χ4v) is 2.16. The van der Waals surface area contributed by atoms with Crippen LogP contribution in [-0.2, 0) is 21.1 Å². The van der Waals surface area contributed by atoms with Crippen molar-refractivity contribution in [3.05, 3.63) is 59.5 Å². The zero-order valence-corrected chi connectivity index (χ0v) is 13.0. The molecule has 0 bridgehead atoms. The van der Waals surface area contributed by atoms with E-state index in [-0.39, 0.29) is 18.1 Å². The molecule has 2 aromatic rings. The number of benzene rings is 1. The SMILES string of the molecule is CS(C)(=O)=Nc1nc(C(=O)OCc2ccccc2)ccc1F. The molecule has 0 saturated heterocycles. The highest BCUT2D eigenvalue weighted by atomic mass is 32.2. The van der Waals surface area contributed by atoms with Gasteiger partial charge in [-0.1, -0.05) is 30.3 Å². The molecule has 0 aliphatic heterocycles. The van der Waals surface area contributed by atoms with Gasteiger partial charge >= 0.3 is 5.97 Å². The van der Waals surface area contributed by atoms with E-state index in [1.54, 1.807) is 0 Å². The van der Waals surface area contributed by atoms with Crippen molar-refractivity contribution >= 4 is 21.5 Å². The van der Waals surface area contributed by atoms with Gasteiger partial charge in [-0.15, -0.1) is 0 Å². The van der Waals surface area contributed by atoms with Gasteiger partial charge in [0, 0.05) is 22.2 Å². The number of hydrogen-bond donors (Lipinski definition) is 0. The number of rotatable bonds is 4. The molecule has 116 valence electrons. The Bertz CT molecular complexity index is 792. The number of nitrogens with zero attached hydrogens (tertiary/aromatic N) is 2. The Morgan fingerprint density at radius 1 is 1.23 bits per heavy atom. The van der Waals surface area contributed by atoms with Gasteiger partial charge in [0.1, 0.15) is 6.61 Å². The van der Waals surface area contributed by atoms with Crippen LogP contribution in [0.3, 0.4) is 0 Å². The van der Waals surface area contributed by atoms with Crippen LogP contribution < -0.4 is 0 Å². The van der Waals surface area contributed by atoms with Gasteiger partial charge in [0.15, 0.2) is 17.3 Å². The highest BCUT2D eigenvalue weighted by Gasteiger charge is 2.13. The number of halogens is 1. The molecular formula is C15H15FN2O3S. The van der Waals surface area contributed by atoms with Crippen molar-refractivity contribution < 1.29 is 18.1 Å². The van der Waals surface area contributed by atoms with Crippen LogP contribution in [0, 0.1) is 5.82 Å². The van der Waals surface area contributed by atoms with Crippen LogP contribution in [0.2, 0.25) is 0 Å². The summed E-state index contributed by atoms with van der Waals surface area (Å²) in [5.74, 6) is -1.79. The van der Waals surface area contributed by atoms with E-state index in [1.165, 1.54) is 18.6 Å². The predicted octanol–water partition coefficient (Wildman–Crippen LogP) is 2.94. The molecule has 7 heteroatoms. The molecule has 0 fully saturated rings. The second kappa shape index (κ2) is 6.65. The zero-order chi connectivity index (χ0) is 16.2. The Labute approximate surface area is 128 Å². The van der Waals surface area contributed by atoms with Gasteiger partial charge < -0.3 is 4.74 Å². The molecule has 0 amide bonds. The molecule has 1 heterocycles. The standard InChI is InChI=1S/C15H15FN2O3S/c1-22(2,20)18-14-12(16)8-9-13(17-14)15(19)21-10-11-6-4-3-5-7-11/h3-9H,10H2,1-2H3. The number of carbonyl (C=O) groups is 1. The monoisotopic (exact) mass is 322 g/mol. The van der Waals surface area contributed by atoms with Crippen molar-refractivity contribution in [1.29, 1.82) is 0 Å². The minimum Gasteiger partial charge on any atom is -0.456 e. The van der Waals surface area contributed by atoms with Crippen molar-refractivity contribution in [3.8, 4) is 0 Å². The average Bonchev–Trinajstić information content (AvgIpc) is 2.47. The molecule has 1 aromatic carbocycles. The van der Waals surface area contributed by atoms with Crippen LogP contribution >= 0.6 is 0 Å². The number of esters is 1. The van der Waals surface area contributed by atoms with E-state index in [4.69, 9.17) is 4.74 Å². The Morgan fingerprint density at radius 3 is 2.55 bits per heavy atom. The number of aromatic nitrogens is 1. The van der Waals surface area contributed by atoms with E-state index in [1.807, 2.05) is 30.3 Å². The van der Waals surface area contributed by atoms with E-state index in [9.17, 15) is 13.4 Å². The third kappa shape index (κ3) is 4.63. The summed E-state index contributed by atoms with van der Waals surface area (Å²) in [6.45, 7) is 0.0868. The van der Waals surface area contributed by atoms with Crippen LogP contribution in [0.4, 0.5) is 10.2 Å². The van der Waals surface area contributed by atoms with Crippen molar-refractivity contribution in [1.82, 2.24) is 4.98 Å². The smallest absolute Gasteiger partial charge is 0.357 e. The summed E-state index contributed by atoms with van der Waals surface area (Å²) >= 11 is 0. The highest BCUT2D eigenvalue weighted by molar-refractivity contribution is 7.92. The third-order valence-electron chi connectivity index (χ3n) is 2.56. The van der Waals surface area contributed by atoms with Crippen LogP contribution in [0.15, 0.2) is 46.8 Å². The molecule has 5 nitrogen and oxygen atoms in total. The molecule has 2 rings (SSSR count). The minimum absolute atomic E-state index is 0.0836. The zero-order valence-electron chi connectivity index (χ0n) is 12.2. The molecule has 0 spiro atoms. The van der Waals surface area contributed by atoms with Gasteiger partial charge in [0.05, 0.1) is 0 Å². The first kappa shape index (κ1) is 16.1. The topological polar surface area (TPSA) is 68.6 Å². The molecule has 1 aromatic heterocycles. The lowest BCUT2D eigenvalue weighted by atomic mass is 10.2. The first-order chi connectivity index (χ1) is 10.3. The van der Waals surface area contributed by atoms with E-state index in [0.717, 1.165) is 11.6 Å². The molecule has 0 saturated carbocycles. The van der Waals surface area contributed by atoms with Crippen LogP contribution in [-0.4, -0.2) is 27.7 Å². The maximum Gasteiger partial charge on any atom is 0.357 e. The highest BCUT2D eigenvalue weighted by Crippen LogP contribution is 2.17. The summed E-state index contributed by atoms with van der Waals surface area (Å²) in [5, 5.41) is 0. The normalized spacial score (nSPS) is 11.0. The Balaban J connectivity index is 2.17. The van der Waals surface area contributed by atoms with Crippen molar-refractivity contribution in [2.45, 2.75) is 6.61 Å². The predicted molar refractivity (Wildman–Crippen MR) is 81.8 cm³/mol. The summed E-state index contributed by atoms with van der Waals surface area (Å²) in [5.41, 5.74) is 0.743. The molecular weight excluding hydrogens is 307 g/mol. The average molecular weight is 322 g/mol. The maximum atomic E-state index is 13.6. The van der Waals surface area contributed by atoms with Gasteiger partial charge in [-0.3, -0.25) is 0 Å². The fraction of sp³-hybridized carbons (Fsp3) is 0.200. The Hall–Kier alpha value is -2.28.